The fourth-order valence-corrected chi connectivity index (χ4v) is 4.10. The highest BCUT2D eigenvalue weighted by Gasteiger charge is 2.31. The number of ether oxygens (including phenoxy) is 3. The molecule has 2 aliphatic heterocycles. The van der Waals surface area contributed by atoms with Crippen LogP contribution < -0.4 is 9.47 Å². The third-order valence-electron chi connectivity index (χ3n) is 5.35. The van der Waals surface area contributed by atoms with E-state index in [9.17, 15) is 0 Å². The zero-order chi connectivity index (χ0) is 17.1. The van der Waals surface area contributed by atoms with E-state index < -0.39 is 0 Å². The van der Waals surface area contributed by atoms with Gasteiger partial charge in [-0.2, -0.15) is 0 Å². The number of hydrogen-bond donors (Lipinski definition) is 0. The summed E-state index contributed by atoms with van der Waals surface area (Å²) in [5, 5.41) is 0. The number of rotatable bonds is 5. The maximum atomic E-state index is 5.88. The Morgan fingerprint density at radius 2 is 1.92 bits per heavy atom. The largest absolute Gasteiger partial charge is 0.496 e. The van der Waals surface area contributed by atoms with Gasteiger partial charge in [0.15, 0.2) is 0 Å². The van der Waals surface area contributed by atoms with Crippen molar-refractivity contribution in [3.63, 3.8) is 0 Å². The molecule has 0 amide bonds. The normalized spacial score (nSPS) is 22.2. The van der Waals surface area contributed by atoms with Crippen LogP contribution in [-0.2, 0) is 17.7 Å². The summed E-state index contributed by atoms with van der Waals surface area (Å²) in [5.41, 5.74) is 3.88. The fourth-order valence-electron chi connectivity index (χ4n) is 4.10. The van der Waals surface area contributed by atoms with E-state index in [0.717, 1.165) is 63.7 Å². The Bertz CT molecular complexity index is 570. The molecule has 0 aromatic heterocycles. The van der Waals surface area contributed by atoms with Gasteiger partial charge in [0.05, 0.1) is 27.4 Å². The van der Waals surface area contributed by atoms with E-state index in [2.05, 4.69) is 29.8 Å². The standard InChI is InChI=1S/C19H30N2O3/c1-5-16-18-15(6-7-20(16)2)19(23-4)14(12-17(18)22-3)13-21-8-10-24-11-9-21/h12,16H,5-11,13H2,1-4H3. The van der Waals surface area contributed by atoms with E-state index >= 15 is 0 Å². The van der Waals surface area contributed by atoms with Crippen LogP contribution in [0.2, 0.25) is 0 Å². The predicted molar refractivity (Wildman–Crippen MR) is 95.0 cm³/mol. The van der Waals surface area contributed by atoms with Crippen molar-refractivity contribution in [2.75, 3.05) is 54.1 Å². The van der Waals surface area contributed by atoms with Crippen molar-refractivity contribution in [1.82, 2.24) is 9.80 Å². The summed E-state index contributed by atoms with van der Waals surface area (Å²) in [7, 11) is 5.77. The Morgan fingerprint density at radius 1 is 1.17 bits per heavy atom. The van der Waals surface area contributed by atoms with Crippen molar-refractivity contribution < 1.29 is 14.2 Å². The molecule has 1 atom stereocenters. The summed E-state index contributed by atoms with van der Waals surface area (Å²) in [5.74, 6) is 2.07. The molecule has 2 heterocycles. The maximum absolute atomic E-state index is 5.88. The highest BCUT2D eigenvalue weighted by molar-refractivity contribution is 5.56. The molecule has 0 bridgehead atoms. The van der Waals surface area contributed by atoms with Gasteiger partial charge in [-0.1, -0.05) is 6.92 Å². The third kappa shape index (κ3) is 3.25. The van der Waals surface area contributed by atoms with Crippen molar-refractivity contribution in [3.05, 3.63) is 22.8 Å². The van der Waals surface area contributed by atoms with Crippen molar-refractivity contribution in [1.29, 1.82) is 0 Å². The van der Waals surface area contributed by atoms with Crippen LogP contribution in [0.15, 0.2) is 6.07 Å². The zero-order valence-corrected chi connectivity index (χ0v) is 15.4. The van der Waals surface area contributed by atoms with Crippen LogP contribution in [0.4, 0.5) is 0 Å². The first-order valence-corrected chi connectivity index (χ1v) is 8.96. The highest BCUT2D eigenvalue weighted by atomic mass is 16.5. The minimum absolute atomic E-state index is 0.398. The van der Waals surface area contributed by atoms with Crippen molar-refractivity contribution >= 4 is 0 Å². The summed E-state index contributed by atoms with van der Waals surface area (Å²) in [4.78, 5) is 4.85. The van der Waals surface area contributed by atoms with Gasteiger partial charge in [-0.15, -0.1) is 0 Å². The maximum Gasteiger partial charge on any atom is 0.127 e. The lowest BCUT2D eigenvalue weighted by Crippen LogP contribution is -2.36. The minimum atomic E-state index is 0.398. The van der Waals surface area contributed by atoms with E-state index in [-0.39, 0.29) is 0 Å². The summed E-state index contributed by atoms with van der Waals surface area (Å²) < 4.78 is 17.1. The molecule has 1 fully saturated rings. The van der Waals surface area contributed by atoms with Crippen molar-refractivity contribution in [2.45, 2.75) is 32.4 Å². The molecule has 134 valence electrons. The molecule has 0 N–H and O–H groups in total. The van der Waals surface area contributed by atoms with Crippen LogP contribution in [0.5, 0.6) is 11.5 Å². The van der Waals surface area contributed by atoms with Crippen molar-refractivity contribution in [2.24, 2.45) is 0 Å². The topological polar surface area (TPSA) is 34.2 Å². The van der Waals surface area contributed by atoms with Crippen LogP contribution in [0.3, 0.4) is 0 Å². The molecular weight excluding hydrogens is 304 g/mol. The number of morpholine rings is 1. The fraction of sp³-hybridized carbons (Fsp3) is 0.684. The molecule has 5 nitrogen and oxygen atoms in total. The average Bonchev–Trinajstić information content (AvgIpc) is 2.62. The molecule has 0 radical (unpaired) electrons. The lowest BCUT2D eigenvalue weighted by Gasteiger charge is -2.37. The van der Waals surface area contributed by atoms with Gasteiger partial charge < -0.3 is 14.2 Å². The number of nitrogens with zero attached hydrogens (tertiary/aromatic N) is 2. The highest BCUT2D eigenvalue weighted by Crippen LogP contribution is 2.44. The second-order valence-electron chi connectivity index (χ2n) is 6.71. The van der Waals surface area contributed by atoms with E-state index in [4.69, 9.17) is 14.2 Å². The molecule has 1 aromatic rings. The Hall–Kier alpha value is -1.30. The van der Waals surface area contributed by atoms with E-state index in [1.54, 1.807) is 14.2 Å². The van der Waals surface area contributed by atoms with Gasteiger partial charge in [0.25, 0.3) is 0 Å². The van der Waals surface area contributed by atoms with Gasteiger partial charge in [-0.25, -0.2) is 0 Å². The molecule has 2 aliphatic rings. The first kappa shape index (κ1) is 17.5. The van der Waals surface area contributed by atoms with Gasteiger partial charge in [-0.3, -0.25) is 9.80 Å². The second-order valence-corrected chi connectivity index (χ2v) is 6.71. The summed E-state index contributed by atoms with van der Waals surface area (Å²) in [6.45, 7) is 7.77. The number of hydrogen-bond acceptors (Lipinski definition) is 5. The number of likely N-dealkylation sites (N-methyl/N-ethyl adjacent to an activating group) is 1. The Morgan fingerprint density at radius 3 is 2.54 bits per heavy atom. The molecule has 24 heavy (non-hydrogen) atoms. The number of methoxy groups -OCH3 is 2. The molecule has 1 aromatic carbocycles. The first-order chi connectivity index (χ1) is 11.7. The molecule has 3 rings (SSSR count). The van der Waals surface area contributed by atoms with Crippen LogP contribution in [-0.4, -0.2) is 63.9 Å². The Kier molecular flexibility index (Phi) is 5.64. The smallest absolute Gasteiger partial charge is 0.127 e. The van der Waals surface area contributed by atoms with Crippen LogP contribution in [0.1, 0.15) is 36.1 Å². The zero-order valence-electron chi connectivity index (χ0n) is 15.4. The van der Waals surface area contributed by atoms with Gasteiger partial charge in [-0.05, 0) is 26.0 Å². The molecule has 1 saturated heterocycles. The number of fused-ring (bicyclic) bond motifs is 1. The Labute approximate surface area is 145 Å². The lowest BCUT2D eigenvalue weighted by molar-refractivity contribution is 0.0338. The van der Waals surface area contributed by atoms with Crippen LogP contribution >= 0.6 is 0 Å². The average molecular weight is 334 g/mol. The summed E-state index contributed by atoms with van der Waals surface area (Å²) in [6.07, 6.45) is 2.09. The van der Waals surface area contributed by atoms with Gasteiger partial charge in [0.1, 0.15) is 11.5 Å². The van der Waals surface area contributed by atoms with E-state index in [1.807, 2.05) is 0 Å². The van der Waals surface area contributed by atoms with Crippen LogP contribution in [0.25, 0.3) is 0 Å². The first-order valence-electron chi connectivity index (χ1n) is 8.96. The quantitative estimate of drug-likeness (QED) is 0.826. The van der Waals surface area contributed by atoms with E-state index in [1.165, 1.54) is 16.7 Å². The molecule has 0 aliphatic carbocycles. The van der Waals surface area contributed by atoms with Crippen LogP contribution in [0, 0.1) is 0 Å². The van der Waals surface area contributed by atoms with Gasteiger partial charge in [0, 0.05) is 48.9 Å². The molecular formula is C19H30N2O3. The second kappa shape index (κ2) is 7.72. The van der Waals surface area contributed by atoms with E-state index in [0.29, 0.717) is 6.04 Å². The lowest BCUT2D eigenvalue weighted by atomic mass is 9.88. The SMILES string of the molecule is CCC1c2c(OC)cc(CN3CCOCC3)c(OC)c2CCN1C. The molecule has 5 heteroatoms. The van der Waals surface area contributed by atoms with Gasteiger partial charge >= 0.3 is 0 Å². The Balaban J connectivity index is 2.01. The molecule has 1 unspecified atom stereocenters. The summed E-state index contributed by atoms with van der Waals surface area (Å²) >= 11 is 0. The number of benzene rings is 1. The summed E-state index contributed by atoms with van der Waals surface area (Å²) in [6, 6.07) is 2.59. The predicted octanol–water partition coefficient (Wildman–Crippen LogP) is 2.48. The van der Waals surface area contributed by atoms with Gasteiger partial charge in [0.2, 0.25) is 0 Å². The monoisotopic (exact) mass is 334 g/mol. The molecule has 0 saturated carbocycles. The minimum Gasteiger partial charge on any atom is -0.496 e. The molecule has 0 spiro atoms. The third-order valence-corrected chi connectivity index (χ3v) is 5.35. The van der Waals surface area contributed by atoms with Crippen molar-refractivity contribution in [3.8, 4) is 11.5 Å².